The van der Waals surface area contributed by atoms with Gasteiger partial charge in [-0.05, 0) is 19.1 Å². The van der Waals surface area contributed by atoms with Gasteiger partial charge in [0.15, 0.2) is 11.6 Å². The van der Waals surface area contributed by atoms with Gasteiger partial charge in [0.1, 0.15) is 12.6 Å². The molecule has 0 radical (unpaired) electrons. The number of carbonyl (C=O) groups is 2. The summed E-state index contributed by atoms with van der Waals surface area (Å²) in [6.45, 7) is 2.71. The van der Waals surface area contributed by atoms with Crippen LogP contribution in [0.3, 0.4) is 0 Å². The topological polar surface area (TPSA) is 100 Å². The predicted octanol–water partition coefficient (Wildman–Crippen LogP) is 1.88. The second kappa shape index (κ2) is 6.46. The summed E-state index contributed by atoms with van der Waals surface area (Å²) in [4.78, 5) is 25.2. The Hall–Kier alpha value is -3.04. The van der Waals surface area contributed by atoms with Crippen molar-refractivity contribution < 1.29 is 22.8 Å². The highest BCUT2D eigenvalue weighted by molar-refractivity contribution is 5.94. The molecule has 1 aromatic carbocycles. The predicted molar refractivity (Wildman–Crippen MR) is 81.4 cm³/mol. The van der Waals surface area contributed by atoms with Crippen LogP contribution in [0.25, 0.3) is 0 Å². The van der Waals surface area contributed by atoms with E-state index in [0.29, 0.717) is 5.89 Å². The van der Waals surface area contributed by atoms with Crippen LogP contribution in [0.5, 0.6) is 0 Å². The van der Waals surface area contributed by atoms with E-state index in [4.69, 9.17) is 4.42 Å². The number of rotatable bonds is 4. The fraction of sp³-hybridized carbons (Fsp3) is 0.333. The molecule has 2 aromatic rings. The SMILES string of the molecule is Cc1nnc(C(C)NC(=O)CN2Cc3c(ccc(F)c3F)NC2=O)o1. The molecule has 0 saturated heterocycles. The lowest BCUT2D eigenvalue weighted by Gasteiger charge is -2.29. The molecule has 8 nitrogen and oxygen atoms in total. The van der Waals surface area contributed by atoms with E-state index >= 15 is 0 Å². The summed E-state index contributed by atoms with van der Waals surface area (Å²) in [6, 6.07) is 1.09. The van der Waals surface area contributed by atoms with Crippen LogP contribution in [-0.2, 0) is 11.3 Å². The minimum atomic E-state index is -1.04. The number of amides is 3. The zero-order valence-corrected chi connectivity index (χ0v) is 13.5. The van der Waals surface area contributed by atoms with E-state index in [-0.39, 0.29) is 30.2 Å². The van der Waals surface area contributed by atoms with Crippen molar-refractivity contribution in [3.8, 4) is 0 Å². The molecule has 1 aromatic heterocycles. The van der Waals surface area contributed by atoms with E-state index < -0.39 is 29.6 Å². The molecule has 0 fully saturated rings. The maximum absolute atomic E-state index is 13.9. The molecule has 0 aliphatic carbocycles. The zero-order chi connectivity index (χ0) is 18.1. The Balaban J connectivity index is 1.67. The van der Waals surface area contributed by atoms with Gasteiger partial charge in [0, 0.05) is 12.5 Å². The van der Waals surface area contributed by atoms with Gasteiger partial charge in [0.25, 0.3) is 0 Å². The summed E-state index contributed by atoms with van der Waals surface area (Å²) in [5, 5.41) is 12.5. The largest absolute Gasteiger partial charge is 0.423 e. The van der Waals surface area contributed by atoms with Crippen molar-refractivity contribution in [3.63, 3.8) is 0 Å². The van der Waals surface area contributed by atoms with Crippen molar-refractivity contribution in [1.29, 1.82) is 0 Å². The van der Waals surface area contributed by atoms with Gasteiger partial charge in [-0.15, -0.1) is 10.2 Å². The van der Waals surface area contributed by atoms with Gasteiger partial charge in [-0.2, -0.15) is 0 Å². The monoisotopic (exact) mass is 351 g/mol. The number of hydrogen-bond donors (Lipinski definition) is 2. The molecule has 1 atom stereocenters. The molecular weight excluding hydrogens is 336 g/mol. The average molecular weight is 351 g/mol. The summed E-state index contributed by atoms with van der Waals surface area (Å²) in [6.07, 6.45) is 0. The van der Waals surface area contributed by atoms with E-state index in [2.05, 4.69) is 20.8 Å². The number of aryl methyl sites for hydroxylation is 1. The van der Waals surface area contributed by atoms with E-state index in [1.165, 1.54) is 6.07 Å². The highest BCUT2D eigenvalue weighted by atomic mass is 19.2. The number of anilines is 1. The molecule has 2 heterocycles. The normalized spacial score (nSPS) is 14.7. The average Bonchev–Trinajstić information content (AvgIpc) is 2.99. The van der Waals surface area contributed by atoms with Crippen molar-refractivity contribution in [2.75, 3.05) is 11.9 Å². The Labute approximate surface area is 141 Å². The third-order valence-corrected chi connectivity index (χ3v) is 3.70. The Bertz CT molecular complexity index is 839. The number of fused-ring (bicyclic) bond motifs is 1. The number of nitrogens with zero attached hydrogens (tertiary/aromatic N) is 3. The van der Waals surface area contributed by atoms with Gasteiger partial charge >= 0.3 is 6.03 Å². The highest BCUT2D eigenvalue weighted by Gasteiger charge is 2.28. The van der Waals surface area contributed by atoms with Crippen LogP contribution in [0.1, 0.15) is 30.3 Å². The minimum absolute atomic E-state index is 0.00651. The van der Waals surface area contributed by atoms with Crippen molar-refractivity contribution >= 4 is 17.6 Å². The van der Waals surface area contributed by atoms with Gasteiger partial charge in [-0.25, -0.2) is 13.6 Å². The number of halogens is 2. The molecule has 3 rings (SSSR count). The number of aromatic nitrogens is 2. The number of carbonyl (C=O) groups excluding carboxylic acids is 2. The molecule has 1 aliphatic heterocycles. The summed E-state index contributed by atoms with van der Waals surface area (Å²) in [5.41, 5.74) is 0.184. The molecular formula is C15H15F2N5O3. The van der Waals surface area contributed by atoms with Gasteiger partial charge in [-0.1, -0.05) is 0 Å². The number of hydrogen-bond acceptors (Lipinski definition) is 5. The van der Waals surface area contributed by atoms with Crippen LogP contribution in [0.15, 0.2) is 16.5 Å². The Morgan fingerprint density at radius 3 is 2.88 bits per heavy atom. The van der Waals surface area contributed by atoms with E-state index in [9.17, 15) is 18.4 Å². The van der Waals surface area contributed by atoms with Crippen molar-refractivity contribution in [1.82, 2.24) is 20.4 Å². The minimum Gasteiger partial charge on any atom is -0.423 e. The lowest BCUT2D eigenvalue weighted by atomic mass is 10.1. The maximum atomic E-state index is 13.9. The summed E-state index contributed by atoms with van der Waals surface area (Å²) >= 11 is 0. The molecule has 1 aliphatic rings. The van der Waals surface area contributed by atoms with Gasteiger partial charge < -0.3 is 20.0 Å². The van der Waals surface area contributed by atoms with Crippen LogP contribution in [-0.4, -0.2) is 33.6 Å². The molecule has 2 N–H and O–H groups in total. The second-order valence-electron chi connectivity index (χ2n) is 5.62. The van der Waals surface area contributed by atoms with Crippen molar-refractivity contribution in [2.45, 2.75) is 26.4 Å². The Morgan fingerprint density at radius 2 is 2.20 bits per heavy atom. The van der Waals surface area contributed by atoms with E-state index in [1.807, 2.05) is 0 Å². The standard InChI is InChI=1S/C15H15F2N5O3/c1-7(14-21-20-8(2)25-14)18-12(23)6-22-5-9-11(19-15(22)24)4-3-10(16)13(9)17/h3-4,7H,5-6H2,1-2H3,(H,18,23)(H,19,24). The summed E-state index contributed by atoms with van der Waals surface area (Å²) in [7, 11) is 0. The van der Waals surface area contributed by atoms with Crippen LogP contribution in [0, 0.1) is 18.6 Å². The fourth-order valence-electron chi connectivity index (χ4n) is 2.46. The van der Waals surface area contributed by atoms with Gasteiger partial charge in [0.2, 0.25) is 17.7 Å². The third kappa shape index (κ3) is 3.42. The highest BCUT2D eigenvalue weighted by Crippen LogP contribution is 2.27. The molecule has 0 spiro atoms. The Morgan fingerprint density at radius 1 is 1.44 bits per heavy atom. The molecule has 10 heteroatoms. The lowest BCUT2D eigenvalue weighted by molar-refractivity contribution is -0.122. The third-order valence-electron chi connectivity index (χ3n) is 3.70. The van der Waals surface area contributed by atoms with Crippen molar-refractivity contribution in [3.05, 3.63) is 41.1 Å². The first-order valence-corrected chi connectivity index (χ1v) is 7.47. The lowest BCUT2D eigenvalue weighted by Crippen LogP contribution is -2.45. The second-order valence-corrected chi connectivity index (χ2v) is 5.62. The molecule has 0 bridgehead atoms. The first kappa shape index (κ1) is 16.8. The first-order valence-electron chi connectivity index (χ1n) is 7.47. The quantitative estimate of drug-likeness (QED) is 0.876. The van der Waals surface area contributed by atoms with Crippen LogP contribution >= 0.6 is 0 Å². The molecule has 25 heavy (non-hydrogen) atoms. The van der Waals surface area contributed by atoms with Gasteiger partial charge in [0.05, 0.1) is 12.2 Å². The van der Waals surface area contributed by atoms with Gasteiger partial charge in [-0.3, -0.25) is 4.79 Å². The van der Waals surface area contributed by atoms with Crippen LogP contribution in [0.4, 0.5) is 19.3 Å². The number of nitrogens with one attached hydrogen (secondary N) is 2. The maximum Gasteiger partial charge on any atom is 0.322 e. The molecule has 1 unspecified atom stereocenters. The molecule has 132 valence electrons. The fourth-order valence-corrected chi connectivity index (χ4v) is 2.46. The smallest absolute Gasteiger partial charge is 0.322 e. The van der Waals surface area contributed by atoms with E-state index in [1.54, 1.807) is 13.8 Å². The zero-order valence-electron chi connectivity index (χ0n) is 13.5. The first-order chi connectivity index (χ1) is 11.8. The van der Waals surface area contributed by atoms with Crippen LogP contribution < -0.4 is 10.6 Å². The van der Waals surface area contributed by atoms with Crippen molar-refractivity contribution in [2.24, 2.45) is 0 Å². The number of urea groups is 1. The number of benzene rings is 1. The molecule has 3 amide bonds. The van der Waals surface area contributed by atoms with E-state index in [0.717, 1.165) is 11.0 Å². The summed E-state index contributed by atoms with van der Waals surface area (Å²) < 4.78 is 32.4. The van der Waals surface area contributed by atoms with Crippen LogP contribution in [0.2, 0.25) is 0 Å². The molecule has 0 saturated carbocycles. The Kier molecular flexibility index (Phi) is 4.34. The summed E-state index contributed by atoms with van der Waals surface area (Å²) in [5.74, 6) is -1.97.